The number of nitrogens with one attached hydrogen (secondary N) is 1. The van der Waals surface area contributed by atoms with E-state index in [1.807, 2.05) is 27.2 Å². The van der Waals surface area contributed by atoms with Crippen LogP contribution in [-0.4, -0.2) is 73.4 Å². The zero-order valence-corrected chi connectivity index (χ0v) is 61.2. The summed E-state index contributed by atoms with van der Waals surface area (Å²) in [7, 11) is 1.56. The molecule has 3 unspecified atom stereocenters. The predicted molar refractivity (Wildman–Crippen MR) is 401 cm³/mol. The summed E-state index contributed by atoms with van der Waals surface area (Å²) in [5.41, 5.74) is 0. The predicted octanol–water partition coefficient (Wildman–Crippen LogP) is 25.2. The third kappa shape index (κ3) is 74.2. The van der Waals surface area contributed by atoms with Gasteiger partial charge in [0.1, 0.15) is 13.2 Å². The Bertz CT molecular complexity index is 1900. The Balaban J connectivity index is 4.05. The van der Waals surface area contributed by atoms with E-state index in [-0.39, 0.29) is 19.1 Å². The Morgan fingerprint density at radius 1 is 0.385 bits per heavy atom. The molecule has 0 saturated heterocycles. The molecule has 0 bridgehead atoms. The van der Waals surface area contributed by atoms with Gasteiger partial charge in [0.15, 0.2) is 0 Å². The van der Waals surface area contributed by atoms with Crippen LogP contribution in [0.5, 0.6) is 0 Å². The number of rotatable bonds is 70. The molecule has 0 spiro atoms. The first-order valence-corrected chi connectivity index (χ1v) is 39.9. The number of carbonyl (C=O) groups excluding carboxylic acids is 1. The van der Waals surface area contributed by atoms with Crippen molar-refractivity contribution in [1.29, 1.82) is 0 Å². The standard InChI is InChI=1S/C82H147N2O6P/c1-6-8-10-12-14-16-18-20-22-24-26-28-30-32-34-36-37-38-39-40-41-42-43-44-45-46-47-48-50-52-54-56-58-60-62-64-66-68-70-72-74-76-82(86)83-80(79-90-91(87,88)89-78-77-84(3,4)5)81(85)75-73-71-69-67-65-63-61-59-57-55-53-51-49-35-33-31-29-27-25-23-21-19-17-15-13-11-9-7-2/h8,10,14,16,20,22,26,28,32,34,37-38,40-41,43-44,65,67,73,75,80-81,85H,6-7,9,11-13,15,17-19,21,23-25,27,29-31,33,35-36,39,42,45-64,66,68-72,74,76-79H2,1-5H3,(H-,83,86,87,88)/p+1/b10-8-,16-14-,22-20-,28-26-,34-32-,38-37-,41-40-,44-43-,67-65+,75-73+. The Labute approximate surface area is 564 Å². The number of phosphoric ester groups is 1. The lowest BCUT2D eigenvalue weighted by atomic mass is 10.0. The molecule has 0 rings (SSSR count). The van der Waals surface area contributed by atoms with E-state index in [0.717, 1.165) is 89.9 Å². The van der Waals surface area contributed by atoms with Crippen molar-refractivity contribution in [1.82, 2.24) is 5.32 Å². The Morgan fingerprint density at radius 2 is 0.670 bits per heavy atom. The van der Waals surface area contributed by atoms with Crippen molar-refractivity contribution in [3.63, 3.8) is 0 Å². The van der Waals surface area contributed by atoms with Gasteiger partial charge in [0.2, 0.25) is 5.91 Å². The van der Waals surface area contributed by atoms with Crippen LogP contribution in [-0.2, 0) is 18.4 Å². The highest BCUT2D eigenvalue weighted by atomic mass is 31.2. The first-order chi connectivity index (χ1) is 44.5. The summed E-state index contributed by atoms with van der Waals surface area (Å²) in [6.45, 7) is 4.71. The monoisotopic (exact) mass is 1290 g/mol. The second kappa shape index (κ2) is 71.2. The molecule has 0 fully saturated rings. The van der Waals surface area contributed by atoms with Gasteiger partial charge in [-0.15, -0.1) is 0 Å². The van der Waals surface area contributed by atoms with E-state index in [1.54, 1.807) is 6.08 Å². The Hall–Kier alpha value is -3.10. The molecule has 0 aliphatic rings. The second-order valence-electron chi connectivity index (χ2n) is 27.0. The van der Waals surface area contributed by atoms with Crippen molar-refractivity contribution in [2.75, 3.05) is 40.9 Å². The molecule has 0 aliphatic heterocycles. The topological polar surface area (TPSA) is 105 Å². The van der Waals surface area contributed by atoms with Crippen molar-refractivity contribution >= 4 is 13.7 Å². The van der Waals surface area contributed by atoms with Crippen LogP contribution in [0, 0.1) is 0 Å². The molecule has 0 aromatic heterocycles. The van der Waals surface area contributed by atoms with Crippen molar-refractivity contribution in [2.24, 2.45) is 0 Å². The molecular weight excluding hydrogens is 1140 g/mol. The summed E-state index contributed by atoms with van der Waals surface area (Å²) in [6, 6.07) is -0.871. The molecule has 0 aromatic rings. The molecule has 0 radical (unpaired) electrons. The van der Waals surface area contributed by atoms with Gasteiger partial charge in [0.25, 0.3) is 0 Å². The molecule has 526 valence electrons. The first-order valence-electron chi connectivity index (χ1n) is 38.4. The van der Waals surface area contributed by atoms with Crippen LogP contribution in [0.1, 0.15) is 341 Å². The quantitative estimate of drug-likeness (QED) is 0.0243. The molecule has 91 heavy (non-hydrogen) atoms. The number of hydrogen-bond acceptors (Lipinski definition) is 5. The van der Waals surface area contributed by atoms with Crippen molar-refractivity contribution < 1.29 is 32.9 Å². The number of unbranched alkanes of at least 4 members (excludes halogenated alkanes) is 39. The number of hydrogen-bond donors (Lipinski definition) is 3. The SMILES string of the molecule is CC/C=C\C/C=C\C/C=C\C/C=C\C/C=C\C/C=C\C/C=C\C/C=C\CCCCCCCCCCCCCCCCCCC(=O)NC(COP(=O)(O)OCC[N+](C)(C)C)C(O)/C=C/CC/C=C/CCCCCCCCCCCCCCCCCCCCCCCC. The minimum Gasteiger partial charge on any atom is -0.387 e. The lowest BCUT2D eigenvalue weighted by Gasteiger charge is -2.25. The molecule has 3 atom stereocenters. The minimum absolute atomic E-state index is 0.0531. The van der Waals surface area contributed by atoms with Crippen LogP contribution < -0.4 is 5.32 Å². The van der Waals surface area contributed by atoms with Crippen LogP contribution in [0.2, 0.25) is 0 Å². The van der Waals surface area contributed by atoms with Crippen molar-refractivity contribution in [3.05, 3.63) is 122 Å². The minimum atomic E-state index is -4.37. The highest BCUT2D eigenvalue weighted by Gasteiger charge is 2.28. The summed E-state index contributed by atoms with van der Waals surface area (Å²) in [5.74, 6) is -0.186. The van der Waals surface area contributed by atoms with Gasteiger partial charge >= 0.3 is 7.82 Å². The zero-order chi connectivity index (χ0) is 66.2. The van der Waals surface area contributed by atoms with E-state index in [0.29, 0.717) is 17.4 Å². The van der Waals surface area contributed by atoms with Crippen LogP contribution in [0.3, 0.4) is 0 Å². The summed E-state index contributed by atoms with van der Waals surface area (Å²) >= 11 is 0. The van der Waals surface area contributed by atoms with Gasteiger partial charge in [-0.3, -0.25) is 13.8 Å². The molecule has 8 nitrogen and oxygen atoms in total. The number of allylic oxidation sites excluding steroid dienone is 19. The van der Waals surface area contributed by atoms with E-state index in [4.69, 9.17) is 9.05 Å². The molecule has 0 aliphatic carbocycles. The third-order valence-electron chi connectivity index (χ3n) is 16.9. The van der Waals surface area contributed by atoms with E-state index in [9.17, 15) is 19.4 Å². The smallest absolute Gasteiger partial charge is 0.387 e. The fourth-order valence-corrected chi connectivity index (χ4v) is 11.8. The molecule has 9 heteroatoms. The van der Waals surface area contributed by atoms with E-state index in [1.165, 1.54) is 231 Å². The van der Waals surface area contributed by atoms with Gasteiger partial charge < -0.3 is 19.8 Å². The Kier molecular flexibility index (Phi) is 68.8. The van der Waals surface area contributed by atoms with Gasteiger partial charge in [0, 0.05) is 6.42 Å². The van der Waals surface area contributed by atoms with Crippen LogP contribution in [0.4, 0.5) is 0 Å². The molecule has 0 heterocycles. The number of likely N-dealkylation sites (N-methyl/N-ethyl adjacent to an activating group) is 1. The first kappa shape index (κ1) is 87.9. The number of carbonyl (C=O) groups is 1. The van der Waals surface area contributed by atoms with Gasteiger partial charge in [-0.25, -0.2) is 4.57 Å². The molecule has 3 N–H and O–H groups in total. The second-order valence-corrected chi connectivity index (χ2v) is 28.4. The van der Waals surface area contributed by atoms with Crippen LogP contribution >= 0.6 is 7.82 Å². The normalized spacial score (nSPS) is 14.2. The number of aliphatic hydroxyl groups excluding tert-OH is 1. The maximum atomic E-state index is 13.1. The fraction of sp³-hybridized carbons (Fsp3) is 0.744. The summed E-state index contributed by atoms with van der Waals surface area (Å²) in [6.07, 6.45) is 107. The molecular formula is C82H148N2O6P+. The van der Waals surface area contributed by atoms with E-state index in [2.05, 4.69) is 129 Å². The van der Waals surface area contributed by atoms with Crippen LogP contribution in [0.25, 0.3) is 0 Å². The van der Waals surface area contributed by atoms with Gasteiger partial charge in [0.05, 0.1) is 39.9 Å². The van der Waals surface area contributed by atoms with Gasteiger partial charge in [-0.2, -0.15) is 0 Å². The number of phosphoric acid groups is 1. The van der Waals surface area contributed by atoms with Crippen molar-refractivity contribution in [3.8, 4) is 0 Å². The summed E-state index contributed by atoms with van der Waals surface area (Å²) < 4.78 is 23.8. The highest BCUT2D eigenvalue weighted by molar-refractivity contribution is 7.47. The number of nitrogens with zero attached hydrogens (tertiary/aromatic N) is 1. The average molecular weight is 1290 g/mol. The molecule has 1 amide bonds. The van der Waals surface area contributed by atoms with Crippen molar-refractivity contribution in [2.45, 2.75) is 353 Å². The maximum Gasteiger partial charge on any atom is 0.472 e. The third-order valence-corrected chi connectivity index (χ3v) is 17.9. The average Bonchev–Trinajstić information content (AvgIpc) is 3.59. The summed E-state index contributed by atoms with van der Waals surface area (Å²) in [4.78, 5) is 23.5. The van der Waals surface area contributed by atoms with Gasteiger partial charge in [-0.1, -0.05) is 360 Å². The lowest BCUT2D eigenvalue weighted by Crippen LogP contribution is -2.45. The number of aliphatic hydroxyl groups is 1. The van der Waals surface area contributed by atoms with Crippen LogP contribution in [0.15, 0.2) is 122 Å². The number of quaternary nitrogens is 1. The number of amides is 1. The van der Waals surface area contributed by atoms with Gasteiger partial charge in [-0.05, 0) is 96.3 Å². The summed E-state index contributed by atoms with van der Waals surface area (Å²) in [5, 5.41) is 14.0. The van der Waals surface area contributed by atoms with E-state index < -0.39 is 20.0 Å². The lowest BCUT2D eigenvalue weighted by molar-refractivity contribution is -0.870. The Morgan fingerprint density at radius 3 is 1.01 bits per heavy atom. The molecule has 0 saturated carbocycles. The largest absolute Gasteiger partial charge is 0.472 e. The highest BCUT2D eigenvalue weighted by Crippen LogP contribution is 2.43. The maximum absolute atomic E-state index is 13.1. The zero-order valence-electron chi connectivity index (χ0n) is 60.3. The molecule has 0 aromatic carbocycles. The van der Waals surface area contributed by atoms with E-state index >= 15 is 0 Å². The fourth-order valence-electron chi connectivity index (χ4n) is 11.0.